The largest absolute Gasteiger partial charge is 0.508 e. The Labute approximate surface area is 172 Å². The summed E-state index contributed by atoms with van der Waals surface area (Å²) in [6, 6.07) is 11.2. The molecule has 7 heteroatoms. The van der Waals surface area contributed by atoms with Gasteiger partial charge in [0.15, 0.2) is 0 Å². The minimum Gasteiger partial charge on any atom is -0.508 e. The van der Waals surface area contributed by atoms with Crippen LogP contribution in [-0.4, -0.2) is 30.4 Å². The number of carbonyl (C=O) groups excluding carboxylic acids is 1. The maximum atomic E-state index is 12.5. The fraction of sp³-hybridized carbons (Fsp3) is 0.304. The SMILES string of the molecule is Cc1c(O)ccc2c(COC(=O)c3cccc(OC[C@@H]4CCCO4)c3)cc(=O)oc12. The van der Waals surface area contributed by atoms with Crippen LogP contribution in [-0.2, 0) is 16.1 Å². The molecule has 0 bridgehead atoms. The molecule has 156 valence electrons. The smallest absolute Gasteiger partial charge is 0.338 e. The number of phenols is 1. The zero-order chi connectivity index (χ0) is 21.1. The summed E-state index contributed by atoms with van der Waals surface area (Å²) in [5.74, 6) is 0.0610. The van der Waals surface area contributed by atoms with Gasteiger partial charge in [-0.25, -0.2) is 9.59 Å². The Hall–Kier alpha value is -3.32. The van der Waals surface area contributed by atoms with Gasteiger partial charge >= 0.3 is 11.6 Å². The third-order valence-electron chi connectivity index (χ3n) is 5.11. The Bertz CT molecular complexity index is 1130. The minimum absolute atomic E-state index is 0.0274. The monoisotopic (exact) mass is 410 g/mol. The van der Waals surface area contributed by atoms with Crippen molar-refractivity contribution in [2.75, 3.05) is 13.2 Å². The molecule has 1 fully saturated rings. The zero-order valence-electron chi connectivity index (χ0n) is 16.6. The lowest BCUT2D eigenvalue weighted by Crippen LogP contribution is -2.16. The molecular weight excluding hydrogens is 388 g/mol. The number of benzene rings is 2. The molecule has 0 radical (unpaired) electrons. The summed E-state index contributed by atoms with van der Waals surface area (Å²) in [7, 11) is 0. The first-order chi connectivity index (χ1) is 14.5. The normalized spacial score (nSPS) is 16.0. The van der Waals surface area contributed by atoms with Crippen LogP contribution in [0.3, 0.4) is 0 Å². The lowest BCUT2D eigenvalue weighted by molar-refractivity contribution is 0.0472. The second-order valence-corrected chi connectivity index (χ2v) is 7.23. The van der Waals surface area contributed by atoms with E-state index in [0.29, 0.717) is 34.4 Å². The van der Waals surface area contributed by atoms with E-state index >= 15 is 0 Å². The Balaban J connectivity index is 1.46. The number of hydrogen-bond acceptors (Lipinski definition) is 7. The molecule has 1 atom stereocenters. The number of ether oxygens (including phenoxy) is 3. The highest BCUT2D eigenvalue weighted by atomic mass is 16.5. The number of aromatic hydroxyl groups is 1. The van der Waals surface area contributed by atoms with Gasteiger partial charge in [0.2, 0.25) is 0 Å². The highest BCUT2D eigenvalue weighted by Crippen LogP contribution is 2.28. The maximum absolute atomic E-state index is 12.5. The van der Waals surface area contributed by atoms with E-state index in [2.05, 4.69) is 0 Å². The summed E-state index contributed by atoms with van der Waals surface area (Å²) < 4.78 is 21.9. The van der Waals surface area contributed by atoms with Crippen molar-refractivity contribution >= 4 is 16.9 Å². The van der Waals surface area contributed by atoms with Crippen LogP contribution in [0.25, 0.3) is 11.0 Å². The first-order valence-corrected chi connectivity index (χ1v) is 9.78. The first-order valence-electron chi connectivity index (χ1n) is 9.78. The highest BCUT2D eigenvalue weighted by Gasteiger charge is 2.17. The molecular formula is C23H22O7. The molecule has 2 heterocycles. The molecule has 0 unspecified atom stereocenters. The summed E-state index contributed by atoms with van der Waals surface area (Å²) in [4.78, 5) is 24.4. The van der Waals surface area contributed by atoms with E-state index in [1.54, 1.807) is 37.3 Å². The van der Waals surface area contributed by atoms with Crippen molar-refractivity contribution in [3.8, 4) is 11.5 Å². The fourth-order valence-electron chi connectivity index (χ4n) is 3.44. The lowest BCUT2D eigenvalue weighted by Gasteiger charge is -2.12. The van der Waals surface area contributed by atoms with Crippen LogP contribution in [0.15, 0.2) is 51.7 Å². The number of fused-ring (bicyclic) bond motifs is 1. The predicted octanol–water partition coefficient (Wildman–Crippen LogP) is 3.72. The van der Waals surface area contributed by atoms with E-state index in [1.165, 1.54) is 12.1 Å². The van der Waals surface area contributed by atoms with Gasteiger partial charge in [-0.1, -0.05) is 6.07 Å². The van der Waals surface area contributed by atoms with Crippen LogP contribution in [0.5, 0.6) is 11.5 Å². The Kier molecular flexibility index (Phi) is 5.72. The van der Waals surface area contributed by atoms with Crippen molar-refractivity contribution in [2.45, 2.75) is 32.5 Å². The van der Waals surface area contributed by atoms with Gasteiger partial charge < -0.3 is 23.7 Å². The average molecular weight is 410 g/mol. The van der Waals surface area contributed by atoms with Crippen molar-refractivity contribution in [3.63, 3.8) is 0 Å². The molecule has 3 aromatic rings. The molecule has 1 aliphatic rings. The second-order valence-electron chi connectivity index (χ2n) is 7.23. The molecule has 4 rings (SSSR count). The quantitative estimate of drug-likeness (QED) is 0.489. The molecule has 2 aromatic carbocycles. The third kappa shape index (κ3) is 4.31. The number of esters is 1. The molecule has 0 saturated carbocycles. The van der Waals surface area contributed by atoms with E-state index in [0.717, 1.165) is 19.4 Å². The first kappa shape index (κ1) is 20.0. The van der Waals surface area contributed by atoms with Crippen molar-refractivity contribution < 1.29 is 28.5 Å². The second kappa shape index (κ2) is 8.59. The standard InChI is InChI=1S/C23H22O7/c1-14-20(24)8-7-19-16(11-21(25)30-22(14)19)12-29-23(26)15-4-2-5-17(10-15)28-13-18-6-3-9-27-18/h2,4-5,7-8,10-11,18,24H,3,6,9,12-13H2,1H3/t18-/m0/s1. The lowest BCUT2D eigenvalue weighted by atomic mass is 10.1. The van der Waals surface area contributed by atoms with Crippen LogP contribution < -0.4 is 10.4 Å². The van der Waals surface area contributed by atoms with Crippen molar-refractivity contribution in [1.29, 1.82) is 0 Å². The Morgan fingerprint density at radius 1 is 1.23 bits per heavy atom. The summed E-state index contributed by atoms with van der Waals surface area (Å²) in [6.07, 6.45) is 2.09. The third-order valence-corrected chi connectivity index (χ3v) is 5.11. The molecule has 1 saturated heterocycles. The summed E-state index contributed by atoms with van der Waals surface area (Å²) >= 11 is 0. The van der Waals surface area contributed by atoms with Gasteiger partial charge in [-0.2, -0.15) is 0 Å². The zero-order valence-corrected chi connectivity index (χ0v) is 16.6. The molecule has 1 aromatic heterocycles. The van der Waals surface area contributed by atoms with Crippen LogP contribution >= 0.6 is 0 Å². The number of aryl methyl sites for hydroxylation is 1. The molecule has 0 aliphatic carbocycles. The Morgan fingerprint density at radius 2 is 2.10 bits per heavy atom. The van der Waals surface area contributed by atoms with Crippen molar-refractivity contribution in [3.05, 3.63) is 69.6 Å². The van der Waals surface area contributed by atoms with Gasteiger partial charge in [-0.05, 0) is 50.1 Å². The van der Waals surface area contributed by atoms with E-state index in [9.17, 15) is 14.7 Å². The van der Waals surface area contributed by atoms with Gasteiger partial charge in [0, 0.05) is 29.2 Å². The van der Waals surface area contributed by atoms with Gasteiger partial charge in [0.1, 0.15) is 30.3 Å². The topological polar surface area (TPSA) is 95.2 Å². The Morgan fingerprint density at radius 3 is 2.90 bits per heavy atom. The molecule has 1 N–H and O–H groups in total. The van der Waals surface area contributed by atoms with Gasteiger partial charge in [0.05, 0.1) is 11.7 Å². The van der Waals surface area contributed by atoms with E-state index in [1.807, 2.05) is 0 Å². The van der Waals surface area contributed by atoms with Crippen LogP contribution in [0.1, 0.15) is 34.3 Å². The average Bonchev–Trinajstić information content (AvgIpc) is 3.27. The minimum atomic E-state index is -0.577. The summed E-state index contributed by atoms with van der Waals surface area (Å²) in [6.45, 7) is 2.74. The van der Waals surface area contributed by atoms with Crippen molar-refractivity contribution in [2.24, 2.45) is 0 Å². The van der Waals surface area contributed by atoms with Crippen LogP contribution in [0.4, 0.5) is 0 Å². The number of carbonyl (C=O) groups is 1. The summed E-state index contributed by atoms with van der Waals surface area (Å²) in [5, 5.41) is 10.4. The molecule has 0 amide bonds. The van der Waals surface area contributed by atoms with Crippen LogP contribution in [0.2, 0.25) is 0 Å². The molecule has 30 heavy (non-hydrogen) atoms. The fourth-order valence-corrected chi connectivity index (χ4v) is 3.44. The van der Waals surface area contributed by atoms with Crippen LogP contribution in [0, 0.1) is 6.92 Å². The van der Waals surface area contributed by atoms with Gasteiger partial charge in [-0.15, -0.1) is 0 Å². The summed E-state index contributed by atoms with van der Waals surface area (Å²) in [5.41, 5.74) is 1.00. The maximum Gasteiger partial charge on any atom is 0.338 e. The number of rotatable bonds is 6. The van der Waals surface area contributed by atoms with Gasteiger partial charge in [0.25, 0.3) is 0 Å². The van der Waals surface area contributed by atoms with E-state index < -0.39 is 11.6 Å². The molecule has 7 nitrogen and oxygen atoms in total. The highest BCUT2D eigenvalue weighted by molar-refractivity contribution is 5.90. The predicted molar refractivity (Wildman–Crippen MR) is 109 cm³/mol. The van der Waals surface area contributed by atoms with E-state index in [4.69, 9.17) is 18.6 Å². The number of phenolic OH excluding ortho intramolecular Hbond substituents is 1. The van der Waals surface area contributed by atoms with E-state index in [-0.39, 0.29) is 24.0 Å². The molecule has 1 aliphatic heterocycles. The molecule has 0 spiro atoms. The van der Waals surface area contributed by atoms with Crippen molar-refractivity contribution in [1.82, 2.24) is 0 Å². The van der Waals surface area contributed by atoms with Gasteiger partial charge in [-0.3, -0.25) is 0 Å². The number of hydrogen-bond donors (Lipinski definition) is 1.